The second-order valence-electron chi connectivity index (χ2n) is 7.47. The molecule has 0 atom stereocenters. The average molecular weight is 474 g/mol. The zero-order valence-corrected chi connectivity index (χ0v) is 18.2. The summed E-state index contributed by atoms with van der Waals surface area (Å²) in [6.45, 7) is 0. The number of nitro benzene ring substituents is 1. The number of para-hydroxylation sites is 2. The third kappa shape index (κ3) is 4.02. The number of nitro groups is 1. The van der Waals surface area contributed by atoms with Crippen molar-refractivity contribution in [1.82, 2.24) is 5.43 Å². The van der Waals surface area contributed by atoms with Crippen LogP contribution in [0.5, 0.6) is 11.5 Å². The van der Waals surface area contributed by atoms with Crippen molar-refractivity contribution >= 4 is 29.4 Å². The highest BCUT2D eigenvalue weighted by Gasteiger charge is 2.32. The molecule has 2 heterocycles. The van der Waals surface area contributed by atoms with E-state index in [-0.39, 0.29) is 16.6 Å². The second kappa shape index (κ2) is 8.84. The molecule has 1 aliphatic heterocycles. The number of hydrazone groups is 1. The molecule has 1 amide bonds. The Hall–Kier alpha value is -4.43. The van der Waals surface area contributed by atoms with Crippen molar-refractivity contribution in [3.63, 3.8) is 0 Å². The molecule has 34 heavy (non-hydrogen) atoms. The van der Waals surface area contributed by atoms with Gasteiger partial charge in [-0.1, -0.05) is 48.0 Å². The van der Waals surface area contributed by atoms with Gasteiger partial charge in [0.25, 0.3) is 11.6 Å². The highest BCUT2D eigenvalue weighted by Crippen LogP contribution is 2.43. The van der Waals surface area contributed by atoms with Crippen molar-refractivity contribution in [1.29, 1.82) is 0 Å². The molecule has 4 aromatic rings. The summed E-state index contributed by atoms with van der Waals surface area (Å²) < 4.78 is 11.6. The van der Waals surface area contributed by atoms with Gasteiger partial charge in [-0.2, -0.15) is 5.10 Å². The van der Waals surface area contributed by atoms with Gasteiger partial charge in [-0.05, 0) is 30.3 Å². The SMILES string of the molecule is O=C(N/N=C/c1ccc(-c2ccc([N+](=O)[O-])cc2Cl)o1)C1c2ccccc2Oc2ccccc21. The van der Waals surface area contributed by atoms with E-state index < -0.39 is 10.8 Å². The monoisotopic (exact) mass is 473 g/mol. The summed E-state index contributed by atoms with van der Waals surface area (Å²) >= 11 is 6.17. The molecule has 1 N–H and O–H groups in total. The Bertz CT molecular complexity index is 1400. The van der Waals surface area contributed by atoms with Crippen LogP contribution in [-0.2, 0) is 4.79 Å². The summed E-state index contributed by atoms with van der Waals surface area (Å²) in [6, 6.07) is 22.2. The first-order valence-corrected chi connectivity index (χ1v) is 10.6. The van der Waals surface area contributed by atoms with Crippen molar-refractivity contribution in [3.8, 4) is 22.8 Å². The van der Waals surface area contributed by atoms with Gasteiger partial charge < -0.3 is 9.15 Å². The fourth-order valence-corrected chi connectivity index (χ4v) is 4.07. The Balaban J connectivity index is 1.34. The number of carbonyl (C=O) groups excluding carboxylic acids is 1. The molecule has 0 saturated heterocycles. The lowest BCUT2D eigenvalue weighted by molar-refractivity contribution is -0.384. The highest BCUT2D eigenvalue weighted by atomic mass is 35.5. The summed E-state index contributed by atoms with van der Waals surface area (Å²) in [5.41, 5.74) is 4.48. The summed E-state index contributed by atoms with van der Waals surface area (Å²) in [6.07, 6.45) is 1.37. The number of furan rings is 1. The quantitative estimate of drug-likeness (QED) is 0.221. The number of rotatable bonds is 5. The molecule has 0 bridgehead atoms. The minimum atomic E-state index is -0.579. The van der Waals surface area contributed by atoms with Gasteiger partial charge in [-0.15, -0.1) is 0 Å². The molecule has 9 heteroatoms. The molecule has 0 unspecified atom stereocenters. The van der Waals surface area contributed by atoms with Gasteiger partial charge in [0.1, 0.15) is 23.0 Å². The first-order valence-electron chi connectivity index (χ1n) is 10.2. The number of ether oxygens (including phenoxy) is 1. The molecule has 1 aliphatic rings. The van der Waals surface area contributed by atoms with Crippen molar-refractivity contribution in [2.24, 2.45) is 5.10 Å². The minimum absolute atomic E-state index is 0.110. The summed E-state index contributed by atoms with van der Waals surface area (Å²) in [7, 11) is 0. The number of carbonyl (C=O) groups is 1. The van der Waals surface area contributed by atoms with Crippen molar-refractivity contribution in [2.75, 3.05) is 0 Å². The number of nitrogens with zero attached hydrogens (tertiary/aromatic N) is 2. The number of non-ortho nitro benzene ring substituents is 1. The molecular formula is C25H16ClN3O5. The van der Waals surface area contributed by atoms with E-state index in [9.17, 15) is 14.9 Å². The first-order chi connectivity index (χ1) is 16.5. The third-order valence-corrected chi connectivity index (χ3v) is 5.68. The third-order valence-electron chi connectivity index (χ3n) is 5.36. The van der Waals surface area contributed by atoms with Crippen LogP contribution in [0.4, 0.5) is 5.69 Å². The summed E-state index contributed by atoms with van der Waals surface area (Å²) in [5.74, 6) is 1.15. The van der Waals surface area contributed by atoms with Gasteiger partial charge in [0.15, 0.2) is 0 Å². The number of fused-ring (bicyclic) bond motifs is 2. The Morgan fingerprint density at radius 3 is 2.32 bits per heavy atom. The lowest BCUT2D eigenvalue weighted by Crippen LogP contribution is -2.28. The van der Waals surface area contributed by atoms with E-state index in [4.69, 9.17) is 20.8 Å². The Morgan fingerprint density at radius 2 is 1.68 bits per heavy atom. The van der Waals surface area contributed by atoms with Crippen LogP contribution in [0.2, 0.25) is 5.02 Å². The second-order valence-corrected chi connectivity index (χ2v) is 7.88. The molecule has 0 aliphatic carbocycles. The topological polar surface area (TPSA) is 107 Å². The highest BCUT2D eigenvalue weighted by molar-refractivity contribution is 6.33. The Morgan fingerprint density at radius 1 is 1.00 bits per heavy atom. The molecule has 0 saturated carbocycles. The molecule has 0 radical (unpaired) electrons. The van der Waals surface area contributed by atoms with E-state index in [1.54, 1.807) is 12.1 Å². The van der Waals surface area contributed by atoms with Crippen LogP contribution in [0.25, 0.3) is 11.3 Å². The number of hydrogen-bond donors (Lipinski definition) is 1. The molecule has 1 aromatic heterocycles. The zero-order chi connectivity index (χ0) is 23.7. The van der Waals surface area contributed by atoms with Gasteiger partial charge >= 0.3 is 0 Å². The predicted octanol–water partition coefficient (Wildman–Crippen LogP) is 5.90. The van der Waals surface area contributed by atoms with Crippen LogP contribution in [0.1, 0.15) is 22.8 Å². The largest absolute Gasteiger partial charge is 0.457 e. The van der Waals surface area contributed by atoms with E-state index >= 15 is 0 Å². The summed E-state index contributed by atoms with van der Waals surface area (Å²) in [5, 5.41) is 15.1. The van der Waals surface area contributed by atoms with E-state index in [1.165, 1.54) is 24.4 Å². The number of benzene rings is 3. The average Bonchev–Trinajstić information content (AvgIpc) is 3.30. The first kappa shape index (κ1) is 21.4. The molecule has 8 nitrogen and oxygen atoms in total. The van der Waals surface area contributed by atoms with E-state index in [0.29, 0.717) is 28.6 Å². The van der Waals surface area contributed by atoms with Gasteiger partial charge in [0.2, 0.25) is 0 Å². The number of hydrogen-bond acceptors (Lipinski definition) is 6. The molecule has 0 spiro atoms. The lowest BCUT2D eigenvalue weighted by atomic mass is 9.87. The van der Waals surface area contributed by atoms with Crippen molar-refractivity contribution in [2.45, 2.75) is 5.92 Å². The Kier molecular flexibility index (Phi) is 5.57. The van der Waals surface area contributed by atoms with Crippen LogP contribution in [0.15, 0.2) is 88.4 Å². The standard InChI is InChI=1S/C25H16ClN3O5/c26-20-13-15(29(31)32)9-11-17(20)23-12-10-16(33-23)14-27-28-25(30)24-18-5-1-3-7-21(18)34-22-8-4-2-6-19(22)24/h1-14,24H,(H,28,30)/b27-14+. The maximum absolute atomic E-state index is 13.1. The van der Waals surface area contributed by atoms with Gasteiger partial charge in [0.05, 0.1) is 22.1 Å². The van der Waals surface area contributed by atoms with E-state index in [0.717, 1.165) is 11.1 Å². The molecule has 168 valence electrons. The van der Waals surface area contributed by atoms with Gasteiger partial charge in [0, 0.05) is 28.8 Å². The molecule has 3 aromatic carbocycles. The normalized spacial score (nSPS) is 12.6. The van der Waals surface area contributed by atoms with Crippen LogP contribution in [-0.4, -0.2) is 17.0 Å². The number of halogens is 1. The van der Waals surface area contributed by atoms with Gasteiger partial charge in [-0.3, -0.25) is 14.9 Å². The molecular weight excluding hydrogens is 458 g/mol. The molecule has 5 rings (SSSR count). The van der Waals surface area contributed by atoms with Crippen molar-refractivity contribution < 1.29 is 18.9 Å². The van der Waals surface area contributed by atoms with Crippen LogP contribution in [0, 0.1) is 10.1 Å². The maximum atomic E-state index is 13.1. The summed E-state index contributed by atoms with van der Waals surface area (Å²) in [4.78, 5) is 23.5. The predicted molar refractivity (Wildman–Crippen MR) is 126 cm³/mol. The maximum Gasteiger partial charge on any atom is 0.270 e. The van der Waals surface area contributed by atoms with E-state index in [2.05, 4.69) is 10.5 Å². The fourth-order valence-electron chi connectivity index (χ4n) is 3.80. The number of amides is 1. The number of nitrogens with one attached hydrogen (secondary N) is 1. The van der Waals surface area contributed by atoms with Gasteiger partial charge in [-0.25, -0.2) is 5.43 Å². The molecule has 0 fully saturated rings. The smallest absolute Gasteiger partial charge is 0.270 e. The van der Waals surface area contributed by atoms with E-state index in [1.807, 2.05) is 48.5 Å². The van der Waals surface area contributed by atoms with Crippen molar-refractivity contribution in [3.05, 3.63) is 111 Å². The lowest BCUT2D eigenvalue weighted by Gasteiger charge is -2.26. The van der Waals surface area contributed by atoms with Crippen LogP contribution >= 0.6 is 11.6 Å². The van der Waals surface area contributed by atoms with Crippen LogP contribution in [0.3, 0.4) is 0 Å². The zero-order valence-electron chi connectivity index (χ0n) is 17.5. The fraction of sp³-hybridized carbons (Fsp3) is 0.0400. The minimum Gasteiger partial charge on any atom is -0.457 e. The van der Waals surface area contributed by atoms with Crippen LogP contribution < -0.4 is 10.2 Å². The Labute approximate surface area is 198 Å².